The molecule has 108 valence electrons. The van der Waals surface area contributed by atoms with Crippen molar-refractivity contribution in [2.45, 2.75) is 25.8 Å². The van der Waals surface area contributed by atoms with Gasteiger partial charge in [-0.1, -0.05) is 36.2 Å². The highest BCUT2D eigenvalue weighted by molar-refractivity contribution is 6.42. The Hall–Kier alpha value is -0.770. The topological polar surface area (TPSA) is 41.1 Å². The minimum Gasteiger partial charge on any atom is -0.349 e. The molecule has 1 aliphatic heterocycles. The lowest BCUT2D eigenvalue weighted by molar-refractivity contribution is -0.127. The van der Waals surface area contributed by atoms with Gasteiger partial charge in [0.25, 0.3) is 0 Å². The maximum atomic E-state index is 12.3. The summed E-state index contributed by atoms with van der Waals surface area (Å²) in [7, 11) is 0. The molecular formula is C15H18Cl2N2O. The Morgan fingerprint density at radius 2 is 2.15 bits per heavy atom. The van der Waals surface area contributed by atoms with E-state index in [1.54, 1.807) is 0 Å². The van der Waals surface area contributed by atoms with Gasteiger partial charge in [0.05, 0.1) is 16.1 Å². The highest BCUT2D eigenvalue weighted by Crippen LogP contribution is 2.39. The summed E-state index contributed by atoms with van der Waals surface area (Å²) in [6.07, 6.45) is 1.77. The highest BCUT2D eigenvalue weighted by Gasteiger charge is 2.32. The molecule has 1 fully saturated rings. The number of rotatable bonds is 3. The van der Waals surface area contributed by atoms with Crippen LogP contribution in [0.5, 0.6) is 0 Å². The smallest absolute Gasteiger partial charge is 0.223 e. The van der Waals surface area contributed by atoms with Crippen LogP contribution in [0.3, 0.4) is 0 Å². The van der Waals surface area contributed by atoms with Crippen molar-refractivity contribution in [1.29, 1.82) is 0 Å². The molecule has 0 spiro atoms. The minimum absolute atomic E-state index is 0.0584. The van der Waals surface area contributed by atoms with E-state index in [1.165, 1.54) is 0 Å². The van der Waals surface area contributed by atoms with Gasteiger partial charge < -0.3 is 10.6 Å². The van der Waals surface area contributed by atoms with Gasteiger partial charge in [-0.2, -0.15) is 0 Å². The zero-order valence-electron chi connectivity index (χ0n) is 11.4. The van der Waals surface area contributed by atoms with Gasteiger partial charge in [-0.15, -0.1) is 0 Å². The number of fused-ring (bicyclic) bond motifs is 1. The maximum Gasteiger partial charge on any atom is 0.223 e. The Labute approximate surface area is 129 Å². The number of hydrogen-bond acceptors (Lipinski definition) is 2. The van der Waals surface area contributed by atoms with Crippen molar-refractivity contribution in [1.82, 2.24) is 10.6 Å². The summed E-state index contributed by atoms with van der Waals surface area (Å²) in [6.45, 7) is 3.89. The lowest BCUT2D eigenvalue weighted by Gasteiger charge is -2.32. The fourth-order valence-electron chi connectivity index (χ4n) is 2.96. The number of carbonyl (C=O) groups is 1. The lowest BCUT2D eigenvalue weighted by Crippen LogP contribution is -2.49. The van der Waals surface area contributed by atoms with Gasteiger partial charge in [0.15, 0.2) is 0 Å². The van der Waals surface area contributed by atoms with E-state index in [2.05, 4.69) is 10.6 Å². The molecule has 5 heteroatoms. The van der Waals surface area contributed by atoms with Crippen molar-refractivity contribution in [3.05, 3.63) is 33.3 Å². The van der Waals surface area contributed by atoms with Crippen molar-refractivity contribution >= 4 is 29.1 Å². The molecule has 1 saturated heterocycles. The summed E-state index contributed by atoms with van der Waals surface area (Å²) in [5.74, 6) is 0.660. The summed E-state index contributed by atoms with van der Waals surface area (Å²) < 4.78 is 0. The zero-order chi connectivity index (χ0) is 14.3. The number of nitrogens with one attached hydrogen (secondary N) is 2. The first-order valence-electron chi connectivity index (χ1n) is 7.05. The first kappa shape index (κ1) is 14.2. The summed E-state index contributed by atoms with van der Waals surface area (Å²) >= 11 is 12.3. The molecule has 1 heterocycles. The average molecular weight is 313 g/mol. The Morgan fingerprint density at radius 1 is 1.40 bits per heavy atom. The van der Waals surface area contributed by atoms with Crippen LogP contribution in [0.25, 0.3) is 0 Å². The molecule has 0 saturated carbocycles. The first-order valence-corrected chi connectivity index (χ1v) is 7.81. The lowest BCUT2D eigenvalue weighted by atomic mass is 9.88. The molecule has 1 aromatic carbocycles. The van der Waals surface area contributed by atoms with Gasteiger partial charge in [0.1, 0.15) is 0 Å². The van der Waals surface area contributed by atoms with E-state index in [0.29, 0.717) is 16.0 Å². The fourth-order valence-corrected chi connectivity index (χ4v) is 3.41. The number of amides is 1. The number of benzene rings is 1. The van der Waals surface area contributed by atoms with Crippen molar-refractivity contribution in [3.8, 4) is 0 Å². The molecule has 0 bridgehead atoms. The Kier molecular flexibility index (Phi) is 3.93. The summed E-state index contributed by atoms with van der Waals surface area (Å²) in [4.78, 5) is 12.3. The van der Waals surface area contributed by atoms with E-state index in [-0.39, 0.29) is 17.9 Å². The van der Waals surface area contributed by atoms with E-state index < -0.39 is 0 Å². The van der Waals surface area contributed by atoms with E-state index in [1.807, 2.05) is 19.1 Å². The standard InChI is InChI=1S/C15H18Cl2N2O/c1-8(9-6-18-7-9)15(20)19-13-5-3-11-10(13)2-4-12(16)14(11)17/h2,4,8-9,13,18H,3,5-7H2,1H3,(H,19,20). The van der Waals surface area contributed by atoms with Crippen LogP contribution in [0.1, 0.15) is 30.5 Å². The van der Waals surface area contributed by atoms with Crippen LogP contribution in [0, 0.1) is 11.8 Å². The predicted molar refractivity (Wildman–Crippen MR) is 81.2 cm³/mol. The van der Waals surface area contributed by atoms with Gasteiger partial charge in [-0.25, -0.2) is 0 Å². The molecule has 1 aromatic rings. The summed E-state index contributed by atoms with van der Waals surface area (Å²) in [5, 5.41) is 7.60. The SMILES string of the molecule is CC(C(=O)NC1CCc2c1ccc(Cl)c2Cl)C1CNC1. The van der Waals surface area contributed by atoms with Crippen molar-refractivity contribution in [3.63, 3.8) is 0 Å². The number of halogens is 2. The molecule has 2 atom stereocenters. The van der Waals surface area contributed by atoms with Crippen LogP contribution in [0.4, 0.5) is 0 Å². The van der Waals surface area contributed by atoms with Gasteiger partial charge >= 0.3 is 0 Å². The van der Waals surface area contributed by atoms with E-state index in [4.69, 9.17) is 23.2 Å². The van der Waals surface area contributed by atoms with E-state index >= 15 is 0 Å². The molecule has 2 unspecified atom stereocenters. The molecule has 3 nitrogen and oxygen atoms in total. The molecule has 0 radical (unpaired) electrons. The van der Waals surface area contributed by atoms with Gasteiger partial charge in [0, 0.05) is 5.92 Å². The van der Waals surface area contributed by atoms with Gasteiger partial charge in [0.2, 0.25) is 5.91 Å². The molecule has 3 rings (SSSR count). The third-order valence-electron chi connectivity index (χ3n) is 4.54. The third-order valence-corrected chi connectivity index (χ3v) is 5.38. The molecule has 0 aromatic heterocycles. The zero-order valence-corrected chi connectivity index (χ0v) is 12.9. The second kappa shape index (κ2) is 5.55. The largest absolute Gasteiger partial charge is 0.349 e. The van der Waals surface area contributed by atoms with Crippen molar-refractivity contribution in [2.24, 2.45) is 11.8 Å². The normalized spacial score (nSPS) is 23.1. The van der Waals surface area contributed by atoms with Gasteiger partial charge in [-0.05, 0) is 49.0 Å². The summed E-state index contributed by atoms with van der Waals surface area (Å²) in [6, 6.07) is 3.87. The minimum atomic E-state index is 0.0584. The predicted octanol–water partition coefficient (Wildman–Crippen LogP) is 2.95. The highest BCUT2D eigenvalue weighted by atomic mass is 35.5. The van der Waals surface area contributed by atoms with Crippen molar-refractivity contribution < 1.29 is 4.79 Å². The van der Waals surface area contributed by atoms with Gasteiger partial charge in [-0.3, -0.25) is 4.79 Å². The Bertz CT molecular complexity index is 543. The number of hydrogen-bond donors (Lipinski definition) is 2. The van der Waals surface area contributed by atoms with Crippen molar-refractivity contribution in [2.75, 3.05) is 13.1 Å². The summed E-state index contributed by atoms with van der Waals surface area (Å²) in [5.41, 5.74) is 2.20. The number of carbonyl (C=O) groups excluding carboxylic acids is 1. The Morgan fingerprint density at radius 3 is 2.80 bits per heavy atom. The second-order valence-electron chi connectivity index (χ2n) is 5.74. The van der Waals surface area contributed by atoms with Crippen LogP contribution in [-0.2, 0) is 11.2 Å². The van der Waals surface area contributed by atoms with Crippen LogP contribution >= 0.6 is 23.2 Å². The second-order valence-corrected chi connectivity index (χ2v) is 6.52. The molecule has 2 N–H and O–H groups in total. The van der Waals surface area contributed by atoms with Crippen LogP contribution < -0.4 is 10.6 Å². The quantitative estimate of drug-likeness (QED) is 0.901. The van der Waals surface area contributed by atoms with E-state index in [0.717, 1.165) is 37.1 Å². The molecular weight excluding hydrogens is 295 g/mol. The van der Waals surface area contributed by atoms with Crippen LogP contribution in [0.2, 0.25) is 10.0 Å². The molecule has 1 amide bonds. The Balaban J connectivity index is 1.72. The molecule has 2 aliphatic rings. The average Bonchev–Trinajstić information content (AvgIpc) is 2.75. The third kappa shape index (κ3) is 2.43. The molecule has 1 aliphatic carbocycles. The monoisotopic (exact) mass is 312 g/mol. The van der Waals surface area contributed by atoms with Crippen LogP contribution in [-0.4, -0.2) is 19.0 Å². The van der Waals surface area contributed by atoms with E-state index in [9.17, 15) is 4.79 Å². The fraction of sp³-hybridized carbons (Fsp3) is 0.533. The molecule has 20 heavy (non-hydrogen) atoms. The van der Waals surface area contributed by atoms with Crippen LogP contribution in [0.15, 0.2) is 12.1 Å². The maximum absolute atomic E-state index is 12.3. The first-order chi connectivity index (χ1) is 9.58.